The second kappa shape index (κ2) is 7.05. The lowest BCUT2D eigenvalue weighted by Crippen LogP contribution is -2.24. The highest BCUT2D eigenvalue weighted by atomic mass is 35.5. The van der Waals surface area contributed by atoms with Crippen LogP contribution < -0.4 is 5.32 Å². The summed E-state index contributed by atoms with van der Waals surface area (Å²) in [7, 11) is 0. The van der Waals surface area contributed by atoms with Gasteiger partial charge in [0.2, 0.25) is 0 Å². The number of hydrogen-bond donors (Lipinski definition) is 1. The molecule has 1 nitrogen and oxygen atoms in total. The van der Waals surface area contributed by atoms with Gasteiger partial charge in [0.15, 0.2) is 0 Å². The lowest BCUT2D eigenvalue weighted by atomic mass is 9.94. The largest absolute Gasteiger partial charge is 0.310 e. The minimum atomic E-state index is -0.569. The van der Waals surface area contributed by atoms with E-state index in [1.807, 2.05) is 6.92 Å². The molecule has 1 N–H and O–H groups in total. The van der Waals surface area contributed by atoms with Crippen LogP contribution in [0.1, 0.15) is 45.2 Å². The molecule has 18 heavy (non-hydrogen) atoms. The van der Waals surface area contributed by atoms with Gasteiger partial charge in [-0.2, -0.15) is 0 Å². The van der Waals surface area contributed by atoms with Crippen molar-refractivity contribution in [1.29, 1.82) is 0 Å². The van der Waals surface area contributed by atoms with Crippen LogP contribution in [0.3, 0.4) is 0 Å². The van der Waals surface area contributed by atoms with Crippen molar-refractivity contribution < 1.29 is 8.78 Å². The molecule has 0 aliphatic rings. The van der Waals surface area contributed by atoms with Crippen molar-refractivity contribution in [2.45, 2.75) is 39.7 Å². The molecular weight excluding hydrogens is 256 g/mol. The van der Waals surface area contributed by atoms with Crippen LogP contribution in [-0.2, 0) is 0 Å². The molecule has 0 saturated carbocycles. The fourth-order valence-corrected chi connectivity index (χ4v) is 2.09. The van der Waals surface area contributed by atoms with Crippen LogP contribution in [0.5, 0.6) is 0 Å². The van der Waals surface area contributed by atoms with E-state index in [0.717, 1.165) is 18.9 Å². The minimum Gasteiger partial charge on any atom is -0.310 e. The van der Waals surface area contributed by atoms with Gasteiger partial charge in [0, 0.05) is 11.6 Å². The summed E-state index contributed by atoms with van der Waals surface area (Å²) in [5.41, 5.74) is 0.360. The number of hydrogen-bond acceptors (Lipinski definition) is 1. The highest BCUT2D eigenvalue weighted by Gasteiger charge is 2.19. The maximum Gasteiger partial charge on any atom is 0.142 e. The molecule has 2 unspecified atom stereocenters. The van der Waals surface area contributed by atoms with E-state index >= 15 is 0 Å². The van der Waals surface area contributed by atoms with Gasteiger partial charge in [0.05, 0.1) is 5.02 Å². The minimum absolute atomic E-state index is 0.170. The first-order valence-corrected chi connectivity index (χ1v) is 6.75. The first-order valence-electron chi connectivity index (χ1n) is 6.37. The molecule has 1 aromatic rings. The quantitative estimate of drug-likeness (QED) is 0.742. The Hall–Kier alpha value is -0.670. The molecule has 0 spiro atoms. The van der Waals surface area contributed by atoms with E-state index in [1.165, 1.54) is 6.07 Å². The van der Waals surface area contributed by atoms with Crippen molar-refractivity contribution in [3.8, 4) is 0 Å². The highest BCUT2D eigenvalue weighted by molar-refractivity contribution is 6.30. The second-order valence-corrected chi connectivity index (χ2v) is 5.05. The summed E-state index contributed by atoms with van der Waals surface area (Å²) in [5.74, 6) is -0.567. The van der Waals surface area contributed by atoms with Crippen LogP contribution in [0.2, 0.25) is 5.02 Å². The van der Waals surface area contributed by atoms with E-state index in [1.54, 1.807) is 0 Å². The molecule has 1 rings (SSSR count). The Morgan fingerprint density at radius 2 is 1.89 bits per heavy atom. The van der Waals surface area contributed by atoms with Crippen LogP contribution in [0.15, 0.2) is 12.1 Å². The Kier molecular flexibility index (Phi) is 6.03. The Morgan fingerprint density at radius 1 is 1.22 bits per heavy atom. The Bertz CT molecular complexity index is 396. The zero-order valence-electron chi connectivity index (χ0n) is 11.1. The van der Waals surface area contributed by atoms with Crippen LogP contribution in [-0.4, -0.2) is 6.54 Å². The average molecular weight is 276 g/mol. The SMILES string of the molecule is CCNC(CC(C)CC)c1cc(F)c(Cl)cc1F. The Labute approximate surface area is 113 Å². The molecule has 102 valence electrons. The molecule has 0 saturated heterocycles. The van der Waals surface area contributed by atoms with Gasteiger partial charge in [-0.25, -0.2) is 8.78 Å². The molecule has 0 aliphatic carbocycles. The van der Waals surface area contributed by atoms with Crippen LogP contribution in [0, 0.1) is 17.6 Å². The lowest BCUT2D eigenvalue weighted by molar-refractivity contribution is 0.396. The Morgan fingerprint density at radius 3 is 2.44 bits per heavy atom. The van der Waals surface area contributed by atoms with Crippen LogP contribution >= 0.6 is 11.6 Å². The third-order valence-corrected chi connectivity index (χ3v) is 3.49. The summed E-state index contributed by atoms with van der Waals surface area (Å²) in [6.45, 7) is 6.86. The Balaban J connectivity index is 3.01. The number of rotatable bonds is 6. The van der Waals surface area contributed by atoms with E-state index in [0.29, 0.717) is 18.0 Å². The fraction of sp³-hybridized carbons (Fsp3) is 0.571. The van der Waals surface area contributed by atoms with Crippen molar-refractivity contribution in [3.05, 3.63) is 34.4 Å². The van der Waals surface area contributed by atoms with E-state index in [4.69, 9.17) is 11.6 Å². The predicted octanol–water partition coefficient (Wildman–Crippen LogP) is 4.71. The smallest absolute Gasteiger partial charge is 0.142 e. The standard InChI is InChI=1S/C14H20ClF2N/c1-4-9(3)6-14(18-5-2)10-7-13(17)11(15)8-12(10)16/h7-9,14,18H,4-6H2,1-3H3. The molecule has 0 heterocycles. The summed E-state index contributed by atoms with van der Waals surface area (Å²) < 4.78 is 27.3. The molecule has 2 atom stereocenters. The van der Waals surface area contributed by atoms with E-state index in [2.05, 4.69) is 19.2 Å². The summed E-state index contributed by atoms with van der Waals surface area (Å²) >= 11 is 5.57. The predicted molar refractivity (Wildman–Crippen MR) is 71.9 cm³/mol. The molecular formula is C14H20ClF2N. The summed E-state index contributed by atoms with van der Waals surface area (Å²) in [6, 6.07) is 2.08. The van der Waals surface area contributed by atoms with Gasteiger partial charge in [-0.15, -0.1) is 0 Å². The summed E-state index contributed by atoms with van der Waals surface area (Å²) in [5, 5.41) is 3.03. The van der Waals surface area contributed by atoms with Gasteiger partial charge < -0.3 is 5.32 Å². The number of benzene rings is 1. The maximum absolute atomic E-state index is 13.9. The van der Waals surface area contributed by atoms with Gasteiger partial charge in [-0.1, -0.05) is 38.8 Å². The first kappa shape index (κ1) is 15.4. The van der Waals surface area contributed by atoms with Crippen molar-refractivity contribution in [2.24, 2.45) is 5.92 Å². The third kappa shape index (κ3) is 3.92. The van der Waals surface area contributed by atoms with Gasteiger partial charge in [0.1, 0.15) is 11.6 Å². The van der Waals surface area contributed by atoms with Gasteiger partial charge >= 0.3 is 0 Å². The average Bonchev–Trinajstić information content (AvgIpc) is 2.33. The van der Waals surface area contributed by atoms with Crippen LogP contribution in [0.4, 0.5) is 8.78 Å². The molecule has 0 aromatic heterocycles. The molecule has 0 bridgehead atoms. The third-order valence-electron chi connectivity index (χ3n) is 3.20. The molecule has 0 radical (unpaired) electrons. The fourth-order valence-electron chi connectivity index (χ4n) is 1.94. The van der Waals surface area contributed by atoms with E-state index < -0.39 is 11.6 Å². The van der Waals surface area contributed by atoms with E-state index in [-0.39, 0.29) is 11.1 Å². The zero-order chi connectivity index (χ0) is 13.7. The second-order valence-electron chi connectivity index (χ2n) is 4.65. The highest BCUT2D eigenvalue weighted by Crippen LogP contribution is 2.28. The van der Waals surface area contributed by atoms with Crippen molar-refractivity contribution in [3.63, 3.8) is 0 Å². The molecule has 4 heteroatoms. The number of halogens is 3. The monoisotopic (exact) mass is 275 g/mol. The molecule has 0 aliphatic heterocycles. The van der Waals surface area contributed by atoms with E-state index in [9.17, 15) is 8.78 Å². The van der Waals surface area contributed by atoms with Gasteiger partial charge in [-0.05, 0) is 31.0 Å². The van der Waals surface area contributed by atoms with Crippen molar-refractivity contribution in [2.75, 3.05) is 6.54 Å². The van der Waals surface area contributed by atoms with Gasteiger partial charge in [0.25, 0.3) is 0 Å². The zero-order valence-corrected chi connectivity index (χ0v) is 11.8. The first-order chi connectivity index (χ1) is 8.49. The van der Waals surface area contributed by atoms with Crippen molar-refractivity contribution in [1.82, 2.24) is 5.32 Å². The van der Waals surface area contributed by atoms with Crippen molar-refractivity contribution >= 4 is 11.6 Å². The summed E-state index contributed by atoms with van der Waals surface area (Å²) in [6.07, 6.45) is 1.79. The molecule has 0 fully saturated rings. The summed E-state index contributed by atoms with van der Waals surface area (Å²) in [4.78, 5) is 0. The molecule has 0 amide bonds. The lowest BCUT2D eigenvalue weighted by Gasteiger charge is -2.22. The molecule has 1 aromatic carbocycles. The van der Waals surface area contributed by atoms with Crippen LogP contribution in [0.25, 0.3) is 0 Å². The maximum atomic E-state index is 13.9. The normalized spacial score (nSPS) is 14.6. The van der Waals surface area contributed by atoms with Gasteiger partial charge in [-0.3, -0.25) is 0 Å². The topological polar surface area (TPSA) is 12.0 Å². The number of nitrogens with one attached hydrogen (secondary N) is 1.